The Morgan fingerprint density at radius 3 is 2.68 bits per heavy atom. The fourth-order valence-electron chi connectivity index (χ4n) is 2.48. The number of aliphatic carboxylic acids is 1. The molecule has 0 heterocycles. The summed E-state index contributed by atoms with van der Waals surface area (Å²) >= 11 is 0. The Labute approximate surface area is 131 Å². The van der Waals surface area contributed by atoms with E-state index in [1.165, 1.54) is 13.2 Å². The van der Waals surface area contributed by atoms with E-state index in [1.807, 2.05) is 13.8 Å². The second-order valence-electron chi connectivity index (χ2n) is 5.64. The van der Waals surface area contributed by atoms with Gasteiger partial charge in [-0.3, -0.25) is 4.79 Å². The van der Waals surface area contributed by atoms with E-state index in [-0.39, 0.29) is 30.2 Å². The van der Waals surface area contributed by atoms with Gasteiger partial charge in [-0.2, -0.15) is 0 Å². The first-order valence-electron chi connectivity index (χ1n) is 7.27. The minimum Gasteiger partial charge on any atom is -0.478 e. The van der Waals surface area contributed by atoms with Gasteiger partial charge in [-0.05, 0) is 56.8 Å². The third-order valence-electron chi connectivity index (χ3n) is 3.81. The second-order valence-corrected chi connectivity index (χ2v) is 5.64. The van der Waals surface area contributed by atoms with Crippen LogP contribution in [0.2, 0.25) is 0 Å². The zero-order chi connectivity index (χ0) is 16.7. The number of carbonyl (C=O) groups excluding carboxylic acids is 1. The maximum absolute atomic E-state index is 11.9. The Bertz CT molecular complexity index is 501. The van der Waals surface area contributed by atoms with Gasteiger partial charge in [0.15, 0.2) is 5.78 Å². The normalized spacial score (nSPS) is 28.2. The molecule has 0 radical (unpaired) electrons. The maximum Gasteiger partial charge on any atom is 0.331 e. The van der Waals surface area contributed by atoms with Gasteiger partial charge < -0.3 is 14.6 Å². The molecule has 1 aliphatic carbocycles. The van der Waals surface area contributed by atoms with Crippen molar-refractivity contribution in [3.8, 4) is 0 Å². The fourth-order valence-corrected chi connectivity index (χ4v) is 2.48. The van der Waals surface area contributed by atoms with E-state index in [4.69, 9.17) is 9.47 Å². The van der Waals surface area contributed by atoms with Crippen LogP contribution in [0.1, 0.15) is 33.1 Å². The quantitative estimate of drug-likeness (QED) is 0.624. The minimum atomic E-state index is -0.994. The SMILES string of the molecule is C=C(C(=O)O)[C@@H]1CC/C(C)=C/C(=O)/C=C(/C)[C@@H](OCOC)C1. The van der Waals surface area contributed by atoms with Crippen molar-refractivity contribution in [3.05, 3.63) is 35.5 Å². The highest BCUT2D eigenvalue weighted by Gasteiger charge is 2.25. The minimum absolute atomic E-state index is 0.0727. The number of carbonyl (C=O) groups is 2. The van der Waals surface area contributed by atoms with Gasteiger partial charge in [-0.25, -0.2) is 4.79 Å². The summed E-state index contributed by atoms with van der Waals surface area (Å²) in [4.78, 5) is 23.2. The predicted molar refractivity (Wildman–Crippen MR) is 83.4 cm³/mol. The van der Waals surface area contributed by atoms with Crippen LogP contribution >= 0.6 is 0 Å². The number of hydrogen-bond donors (Lipinski definition) is 1. The average Bonchev–Trinajstić information content (AvgIpc) is 2.44. The van der Waals surface area contributed by atoms with E-state index < -0.39 is 5.97 Å². The van der Waals surface area contributed by atoms with Gasteiger partial charge in [0, 0.05) is 12.7 Å². The number of allylic oxidation sites excluding steroid dienone is 3. The van der Waals surface area contributed by atoms with Crippen molar-refractivity contribution in [2.24, 2.45) is 5.92 Å². The third kappa shape index (κ3) is 5.58. The summed E-state index contributed by atoms with van der Waals surface area (Å²) in [5, 5.41) is 9.21. The van der Waals surface area contributed by atoms with E-state index in [0.29, 0.717) is 19.3 Å². The first kappa shape index (κ1) is 18.3. The van der Waals surface area contributed by atoms with Crippen LogP contribution in [0.4, 0.5) is 0 Å². The van der Waals surface area contributed by atoms with Crippen LogP contribution in [0.15, 0.2) is 35.5 Å². The van der Waals surface area contributed by atoms with E-state index in [1.54, 1.807) is 6.08 Å². The molecule has 0 saturated heterocycles. The number of ketones is 1. The lowest BCUT2D eigenvalue weighted by Gasteiger charge is -2.25. The number of carboxylic acid groups (broad SMARTS) is 1. The van der Waals surface area contributed by atoms with Crippen LogP contribution < -0.4 is 0 Å². The molecule has 0 unspecified atom stereocenters. The summed E-state index contributed by atoms with van der Waals surface area (Å²) < 4.78 is 10.5. The first-order valence-corrected chi connectivity index (χ1v) is 7.27. The van der Waals surface area contributed by atoms with E-state index >= 15 is 0 Å². The highest BCUT2D eigenvalue weighted by Crippen LogP contribution is 2.28. The molecule has 2 atom stereocenters. The molecule has 0 amide bonds. The van der Waals surface area contributed by atoms with Crippen molar-refractivity contribution in [1.82, 2.24) is 0 Å². The largest absolute Gasteiger partial charge is 0.478 e. The molecule has 1 N–H and O–H groups in total. The lowest BCUT2D eigenvalue weighted by atomic mass is 9.85. The van der Waals surface area contributed by atoms with E-state index in [0.717, 1.165) is 11.1 Å². The van der Waals surface area contributed by atoms with E-state index in [2.05, 4.69) is 6.58 Å². The van der Waals surface area contributed by atoms with E-state index in [9.17, 15) is 14.7 Å². The van der Waals surface area contributed by atoms with Gasteiger partial charge in [-0.1, -0.05) is 12.2 Å². The Morgan fingerprint density at radius 2 is 2.09 bits per heavy atom. The topological polar surface area (TPSA) is 72.8 Å². The molecule has 1 rings (SSSR count). The molecule has 0 saturated carbocycles. The Balaban J connectivity index is 3.07. The molecule has 0 aromatic rings. The standard InChI is InChI=1S/C17H24O5/c1-11-5-6-14(13(3)17(19)20)9-16(22-10-21-4)12(2)8-15(18)7-11/h7-8,14,16H,3,5-6,9-10H2,1-2,4H3,(H,19,20)/b11-7+,12-8-/t14-,16+/m1/s1. The van der Waals surface area contributed by atoms with Gasteiger partial charge >= 0.3 is 5.97 Å². The molecular formula is C17H24O5. The van der Waals surface area contributed by atoms with Gasteiger partial charge in [0.05, 0.1) is 6.10 Å². The average molecular weight is 308 g/mol. The molecule has 1 aliphatic rings. The second kappa shape index (κ2) is 8.66. The number of carboxylic acids is 1. The summed E-state index contributed by atoms with van der Waals surface area (Å²) in [6.07, 6.45) is 4.51. The highest BCUT2D eigenvalue weighted by molar-refractivity contribution is 6.00. The monoisotopic (exact) mass is 308 g/mol. The van der Waals surface area contributed by atoms with Crippen LogP contribution in [0, 0.1) is 5.92 Å². The zero-order valence-electron chi connectivity index (χ0n) is 13.4. The van der Waals surface area contributed by atoms with Gasteiger partial charge in [-0.15, -0.1) is 0 Å². The Kier molecular flexibility index (Phi) is 7.21. The molecule has 0 aromatic heterocycles. The van der Waals surface area contributed by atoms with Crippen molar-refractivity contribution < 1.29 is 24.2 Å². The molecule has 0 aliphatic heterocycles. The summed E-state index contributed by atoms with van der Waals surface area (Å²) in [7, 11) is 1.52. The summed E-state index contributed by atoms with van der Waals surface area (Å²) in [6, 6.07) is 0. The van der Waals surface area contributed by atoms with Crippen LogP contribution in [-0.4, -0.2) is 36.9 Å². The van der Waals surface area contributed by atoms with Crippen molar-refractivity contribution in [3.63, 3.8) is 0 Å². The number of rotatable bonds is 5. The third-order valence-corrected chi connectivity index (χ3v) is 3.81. The van der Waals surface area contributed by atoms with Crippen LogP contribution in [-0.2, 0) is 19.1 Å². The lowest BCUT2D eigenvalue weighted by molar-refractivity contribution is -0.133. The number of methoxy groups -OCH3 is 1. The van der Waals surface area contributed by atoms with Crippen molar-refractivity contribution >= 4 is 11.8 Å². The zero-order valence-corrected chi connectivity index (χ0v) is 13.4. The van der Waals surface area contributed by atoms with Crippen LogP contribution in [0.25, 0.3) is 0 Å². The molecule has 0 fully saturated rings. The molecule has 0 spiro atoms. The van der Waals surface area contributed by atoms with Crippen LogP contribution in [0.5, 0.6) is 0 Å². The highest BCUT2D eigenvalue weighted by atomic mass is 16.7. The molecule has 0 bridgehead atoms. The predicted octanol–water partition coefficient (Wildman–Crippen LogP) is 2.88. The van der Waals surface area contributed by atoms with Crippen molar-refractivity contribution in [2.75, 3.05) is 13.9 Å². The summed E-state index contributed by atoms with van der Waals surface area (Å²) in [5.41, 5.74) is 1.88. The van der Waals surface area contributed by atoms with Gasteiger partial charge in [0.1, 0.15) is 6.79 Å². The Hall–Kier alpha value is -1.72. The molecule has 0 aromatic carbocycles. The smallest absolute Gasteiger partial charge is 0.331 e. The summed E-state index contributed by atoms with van der Waals surface area (Å²) in [6.45, 7) is 7.47. The Morgan fingerprint density at radius 1 is 1.41 bits per heavy atom. The summed E-state index contributed by atoms with van der Waals surface area (Å²) in [5.74, 6) is -1.28. The maximum atomic E-state index is 11.9. The van der Waals surface area contributed by atoms with Gasteiger partial charge in [0.25, 0.3) is 0 Å². The molecule has 5 nitrogen and oxygen atoms in total. The molecule has 122 valence electrons. The molecule has 5 heteroatoms. The van der Waals surface area contributed by atoms with Crippen molar-refractivity contribution in [1.29, 1.82) is 0 Å². The lowest BCUT2D eigenvalue weighted by Crippen LogP contribution is -2.24. The van der Waals surface area contributed by atoms with Gasteiger partial charge in [0.2, 0.25) is 0 Å². The molecule has 22 heavy (non-hydrogen) atoms. The van der Waals surface area contributed by atoms with Crippen molar-refractivity contribution in [2.45, 2.75) is 39.2 Å². The van der Waals surface area contributed by atoms with Crippen LogP contribution in [0.3, 0.4) is 0 Å². The number of hydrogen-bond acceptors (Lipinski definition) is 4. The number of ether oxygens (including phenoxy) is 2. The molecular weight excluding hydrogens is 284 g/mol. The first-order chi connectivity index (χ1) is 10.3. The fraction of sp³-hybridized carbons (Fsp3) is 0.529.